The number of benzene rings is 1. The predicted molar refractivity (Wildman–Crippen MR) is 97.2 cm³/mol. The third-order valence-corrected chi connectivity index (χ3v) is 6.10. The van der Waals surface area contributed by atoms with Crippen LogP contribution >= 0.6 is 0 Å². The highest BCUT2D eigenvalue weighted by Gasteiger charge is 2.56. The van der Waals surface area contributed by atoms with Crippen LogP contribution < -0.4 is 5.73 Å². The zero-order chi connectivity index (χ0) is 17.9. The number of piperidine rings is 1. The molecule has 5 nitrogen and oxygen atoms in total. The summed E-state index contributed by atoms with van der Waals surface area (Å²) >= 11 is 0. The maximum Gasteiger partial charge on any atom is 0.222 e. The van der Waals surface area contributed by atoms with E-state index in [2.05, 4.69) is 19.1 Å². The smallest absolute Gasteiger partial charge is 0.222 e. The van der Waals surface area contributed by atoms with E-state index >= 15 is 0 Å². The highest BCUT2D eigenvalue weighted by molar-refractivity contribution is 5.76. The van der Waals surface area contributed by atoms with Crippen LogP contribution in [0.3, 0.4) is 0 Å². The highest BCUT2D eigenvalue weighted by atomic mass is 16.5. The van der Waals surface area contributed by atoms with Crippen molar-refractivity contribution in [3.63, 3.8) is 0 Å². The first kappa shape index (κ1) is 18.4. The molecule has 1 heterocycles. The summed E-state index contributed by atoms with van der Waals surface area (Å²) in [5, 5.41) is 10.3. The lowest BCUT2D eigenvalue weighted by molar-refractivity contribution is -0.210. The van der Waals surface area contributed by atoms with E-state index in [-0.39, 0.29) is 23.5 Å². The van der Waals surface area contributed by atoms with Crippen molar-refractivity contribution in [1.82, 2.24) is 4.90 Å². The fourth-order valence-electron chi connectivity index (χ4n) is 4.29. The average molecular weight is 346 g/mol. The zero-order valence-corrected chi connectivity index (χ0v) is 15.1. The molecule has 1 saturated heterocycles. The number of rotatable bonds is 6. The van der Waals surface area contributed by atoms with Gasteiger partial charge in [0.15, 0.2) is 0 Å². The van der Waals surface area contributed by atoms with Gasteiger partial charge in [0.05, 0.1) is 18.8 Å². The molecule has 2 aliphatic rings. The van der Waals surface area contributed by atoms with E-state index in [0.717, 1.165) is 19.3 Å². The van der Waals surface area contributed by atoms with E-state index in [0.29, 0.717) is 39.1 Å². The van der Waals surface area contributed by atoms with Crippen LogP contribution in [0.2, 0.25) is 0 Å². The Morgan fingerprint density at radius 2 is 2.08 bits per heavy atom. The van der Waals surface area contributed by atoms with Gasteiger partial charge >= 0.3 is 0 Å². The molecular formula is C20H30N2O3. The molecule has 0 unspecified atom stereocenters. The van der Waals surface area contributed by atoms with Crippen molar-refractivity contribution < 1.29 is 14.6 Å². The maximum absolute atomic E-state index is 12.6. The number of hydrogen-bond donors (Lipinski definition) is 2. The van der Waals surface area contributed by atoms with Crippen LogP contribution in [0.1, 0.15) is 36.8 Å². The van der Waals surface area contributed by atoms with Gasteiger partial charge in [-0.1, -0.05) is 24.3 Å². The number of nitrogens with zero attached hydrogens (tertiary/aromatic N) is 1. The van der Waals surface area contributed by atoms with Gasteiger partial charge in [-0.2, -0.15) is 0 Å². The second kappa shape index (κ2) is 7.85. The third-order valence-electron chi connectivity index (χ3n) is 6.10. The number of hydrogen-bond acceptors (Lipinski definition) is 4. The first-order valence-corrected chi connectivity index (χ1v) is 9.39. The number of amides is 1. The van der Waals surface area contributed by atoms with Gasteiger partial charge in [0.2, 0.25) is 5.91 Å². The number of aliphatic hydroxyl groups is 1. The summed E-state index contributed by atoms with van der Waals surface area (Å²) in [6, 6.07) is 8.23. The number of aryl methyl sites for hydroxylation is 2. The van der Waals surface area contributed by atoms with Crippen LogP contribution in [-0.2, 0) is 16.0 Å². The fourth-order valence-corrected chi connectivity index (χ4v) is 4.29. The first-order chi connectivity index (χ1) is 12.1. The van der Waals surface area contributed by atoms with Crippen molar-refractivity contribution in [2.45, 2.75) is 51.2 Å². The normalized spacial score (nSPS) is 25.0. The second-order valence-corrected chi connectivity index (χ2v) is 7.44. The Labute approximate surface area is 150 Å². The monoisotopic (exact) mass is 346 g/mol. The van der Waals surface area contributed by atoms with Crippen LogP contribution in [0, 0.1) is 12.3 Å². The quantitative estimate of drug-likeness (QED) is 0.821. The van der Waals surface area contributed by atoms with E-state index in [9.17, 15) is 9.90 Å². The van der Waals surface area contributed by atoms with Crippen LogP contribution in [0.15, 0.2) is 24.3 Å². The molecule has 1 aliphatic carbocycles. The Kier molecular flexibility index (Phi) is 5.77. The molecule has 1 aromatic rings. The van der Waals surface area contributed by atoms with Crippen LogP contribution in [0.4, 0.5) is 0 Å². The molecule has 3 rings (SSSR count). The van der Waals surface area contributed by atoms with Crippen molar-refractivity contribution in [3.8, 4) is 0 Å². The largest absolute Gasteiger partial charge is 0.392 e. The molecule has 0 aromatic heterocycles. The molecule has 3 N–H and O–H groups in total. The highest BCUT2D eigenvalue weighted by Crippen LogP contribution is 2.50. The Morgan fingerprint density at radius 1 is 1.36 bits per heavy atom. The minimum Gasteiger partial charge on any atom is -0.392 e. The lowest BCUT2D eigenvalue weighted by atomic mass is 9.58. The molecule has 5 heteroatoms. The van der Waals surface area contributed by atoms with Crippen molar-refractivity contribution >= 4 is 5.91 Å². The molecule has 1 amide bonds. The molecule has 0 radical (unpaired) electrons. The van der Waals surface area contributed by atoms with Gasteiger partial charge in [0.25, 0.3) is 0 Å². The minimum absolute atomic E-state index is 0.0928. The molecule has 1 spiro atoms. The molecular weight excluding hydrogens is 316 g/mol. The Balaban J connectivity index is 1.50. The van der Waals surface area contributed by atoms with Crippen molar-refractivity contribution in [2.75, 3.05) is 26.2 Å². The van der Waals surface area contributed by atoms with Crippen LogP contribution in [0.5, 0.6) is 0 Å². The molecule has 25 heavy (non-hydrogen) atoms. The SMILES string of the molecule is Cc1ccccc1CCC(=O)N1CCC2(CC1)[C@H](O)C[C@@H]2OCCN. The van der Waals surface area contributed by atoms with Crippen LogP contribution in [-0.4, -0.2) is 54.4 Å². The number of nitrogens with two attached hydrogens (primary N) is 1. The lowest BCUT2D eigenvalue weighted by Crippen LogP contribution is -2.62. The second-order valence-electron chi connectivity index (χ2n) is 7.44. The fraction of sp³-hybridized carbons (Fsp3) is 0.650. The van der Waals surface area contributed by atoms with Crippen molar-refractivity contribution in [3.05, 3.63) is 35.4 Å². The summed E-state index contributed by atoms with van der Waals surface area (Å²) in [5.74, 6) is 0.214. The summed E-state index contributed by atoms with van der Waals surface area (Å²) in [4.78, 5) is 14.5. The Bertz CT molecular complexity index is 596. The Hall–Kier alpha value is -1.43. The zero-order valence-electron chi connectivity index (χ0n) is 15.1. The van der Waals surface area contributed by atoms with Crippen molar-refractivity contribution in [2.24, 2.45) is 11.1 Å². The van der Waals surface area contributed by atoms with Gasteiger partial charge in [0, 0.05) is 37.9 Å². The van der Waals surface area contributed by atoms with Gasteiger partial charge in [-0.3, -0.25) is 4.79 Å². The molecule has 0 bridgehead atoms. The van der Waals surface area contributed by atoms with E-state index < -0.39 is 0 Å². The number of carbonyl (C=O) groups is 1. The summed E-state index contributed by atoms with van der Waals surface area (Å²) in [5.41, 5.74) is 7.84. The number of ether oxygens (including phenoxy) is 1. The molecule has 2 atom stereocenters. The predicted octanol–water partition coefficient (Wildman–Crippen LogP) is 1.64. The number of likely N-dealkylation sites (tertiary alicyclic amines) is 1. The van der Waals surface area contributed by atoms with Gasteiger partial charge in [-0.05, 0) is 37.3 Å². The van der Waals surface area contributed by atoms with E-state index in [1.165, 1.54) is 11.1 Å². The van der Waals surface area contributed by atoms with E-state index in [1.54, 1.807) is 0 Å². The molecule has 1 saturated carbocycles. The number of aliphatic hydroxyl groups excluding tert-OH is 1. The Morgan fingerprint density at radius 3 is 2.72 bits per heavy atom. The maximum atomic E-state index is 12.6. The van der Waals surface area contributed by atoms with Gasteiger partial charge in [-0.25, -0.2) is 0 Å². The summed E-state index contributed by atoms with van der Waals surface area (Å²) < 4.78 is 5.82. The summed E-state index contributed by atoms with van der Waals surface area (Å²) in [7, 11) is 0. The lowest BCUT2D eigenvalue weighted by Gasteiger charge is -2.56. The van der Waals surface area contributed by atoms with Gasteiger partial charge < -0.3 is 20.5 Å². The summed E-state index contributed by atoms with van der Waals surface area (Å²) in [6.45, 7) is 4.56. The van der Waals surface area contributed by atoms with E-state index in [4.69, 9.17) is 10.5 Å². The molecule has 1 aliphatic heterocycles. The van der Waals surface area contributed by atoms with Crippen molar-refractivity contribution in [1.29, 1.82) is 0 Å². The van der Waals surface area contributed by atoms with Crippen LogP contribution in [0.25, 0.3) is 0 Å². The number of carbonyl (C=O) groups excluding carboxylic acids is 1. The van der Waals surface area contributed by atoms with Gasteiger partial charge in [-0.15, -0.1) is 0 Å². The standard InChI is InChI=1S/C20H30N2O3/c1-15-4-2-3-5-16(15)6-7-19(24)22-11-8-20(9-12-22)17(23)14-18(20)25-13-10-21/h2-5,17-18,23H,6-14,21H2,1H3/t17-,18+/m1/s1. The third kappa shape index (κ3) is 3.73. The molecule has 138 valence electrons. The topological polar surface area (TPSA) is 75.8 Å². The summed E-state index contributed by atoms with van der Waals surface area (Å²) in [6.07, 6.45) is 3.46. The van der Waals surface area contributed by atoms with Gasteiger partial charge in [0.1, 0.15) is 0 Å². The molecule has 1 aromatic carbocycles. The average Bonchev–Trinajstić information content (AvgIpc) is 2.64. The van der Waals surface area contributed by atoms with E-state index in [1.807, 2.05) is 17.0 Å². The molecule has 2 fully saturated rings. The first-order valence-electron chi connectivity index (χ1n) is 9.39. The minimum atomic E-state index is -0.306.